The predicted octanol–water partition coefficient (Wildman–Crippen LogP) is 2.47. The number of aliphatic carboxylic acids is 1. The Balaban J connectivity index is 2.09. The van der Waals surface area contributed by atoms with E-state index in [1.54, 1.807) is 0 Å². The van der Waals surface area contributed by atoms with Crippen LogP contribution in [0, 0.1) is 0 Å². The van der Waals surface area contributed by atoms with E-state index in [1.165, 1.54) is 12.3 Å². The van der Waals surface area contributed by atoms with Gasteiger partial charge in [-0.3, -0.25) is 4.79 Å². The molecule has 2 aromatic rings. The standard InChI is InChI=1S/C14H12BrNO4/c15-12-10(6-7-20-12)13(17)16-11(14(18)19)8-9-4-2-1-3-5-9/h1-7,11H,8H2,(H,16,17)(H,18,19)/t11-/m1/s1. The van der Waals surface area contributed by atoms with Gasteiger partial charge in [0.05, 0.1) is 11.8 Å². The summed E-state index contributed by atoms with van der Waals surface area (Å²) in [6, 6.07) is 9.60. The Labute approximate surface area is 123 Å². The lowest BCUT2D eigenvalue weighted by molar-refractivity contribution is -0.139. The van der Waals surface area contributed by atoms with Gasteiger partial charge >= 0.3 is 5.97 Å². The monoisotopic (exact) mass is 337 g/mol. The quantitative estimate of drug-likeness (QED) is 0.878. The molecule has 1 aromatic heterocycles. The summed E-state index contributed by atoms with van der Waals surface area (Å²) in [5.74, 6) is -1.57. The number of carboxylic acids is 1. The van der Waals surface area contributed by atoms with Gasteiger partial charge in [0.1, 0.15) is 6.04 Å². The summed E-state index contributed by atoms with van der Waals surface area (Å²) < 4.78 is 5.23. The molecular formula is C14H12BrNO4. The van der Waals surface area contributed by atoms with Crippen LogP contribution in [-0.2, 0) is 11.2 Å². The molecule has 5 nitrogen and oxygen atoms in total. The molecule has 1 heterocycles. The molecule has 2 rings (SSSR count). The van der Waals surface area contributed by atoms with Gasteiger partial charge < -0.3 is 14.8 Å². The van der Waals surface area contributed by atoms with E-state index in [4.69, 9.17) is 4.42 Å². The van der Waals surface area contributed by atoms with E-state index >= 15 is 0 Å². The maximum absolute atomic E-state index is 12.0. The van der Waals surface area contributed by atoms with Gasteiger partial charge in [-0.25, -0.2) is 4.79 Å². The van der Waals surface area contributed by atoms with Gasteiger partial charge in [-0.2, -0.15) is 0 Å². The zero-order valence-electron chi connectivity index (χ0n) is 10.4. The van der Waals surface area contributed by atoms with Crippen molar-refractivity contribution < 1.29 is 19.1 Å². The Morgan fingerprint density at radius 3 is 2.50 bits per heavy atom. The molecule has 0 bridgehead atoms. The molecule has 6 heteroatoms. The predicted molar refractivity (Wildman–Crippen MR) is 75.4 cm³/mol. The molecule has 0 fully saturated rings. The van der Waals surface area contributed by atoms with Crippen molar-refractivity contribution in [1.29, 1.82) is 0 Å². The van der Waals surface area contributed by atoms with Crippen molar-refractivity contribution in [3.8, 4) is 0 Å². The Kier molecular flexibility index (Phi) is 4.57. The Morgan fingerprint density at radius 1 is 1.25 bits per heavy atom. The maximum atomic E-state index is 12.0. The first-order valence-corrected chi connectivity index (χ1v) is 6.68. The Bertz CT molecular complexity index is 609. The van der Waals surface area contributed by atoms with Crippen LogP contribution < -0.4 is 5.32 Å². The molecule has 2 N–H and O–H groups in total. The Hall–Kier alpha value is -2.08. The average molecular weight is 338 g/mol. The summed E-state index contributed by atoms with van der Waals surface area (Å²) in [6.07, 6.45) is 1.57. The van der Waals surface area contributed by atoms with E-state index in [9.17, 15) is 14.7 Å². The zero-order valence-corrected chi connectivity index (χ0v) is 12.0. The summed E-state index contributed by atoms with van der Waals surface area (Å²) in [4.78, 5) is 23.2. The van der Waals surface area contributed by atoms with Gasteiger partial charge in [0.15, 0.2) is 4.67 Å². The lowest BCUT2D eigenvalue weighted by Gasteiger charge is -2.14. The molecule has 0 saturated heterocycles. The number of benzene rings is 1. The highest BCUT2D eigenvalue weighted by molar-refractivity contribution is 9.10. The van der Waals surface area contributed by atoms with Gasteiger partial charge in [0, 0.05) is 6.42 Å². The first kappa shape index (κ1) is 14.3. The number of hydrogen-bond donors (Lipinski definition) is 2. The topological polar surface area (TPSA) is 79.5 Å². The second kappa shape index (κ2) is 6.38. The molecule has 20 heavy (non-hydrogen) atoms. The zero-order chi connectivity index (χ0) is 14.5. The highest BCUT2D eigenvalue weighted by Crippen LogP contribution is 2.17. The summed E-state index contributed by atoms with van der Waals surface area (Å²) in [5.41, 5.74) is 1.11. The van der Waals surface area contributed by atoms with Crippen molar-refractivity contribution in [3.05, 3.63) is 58.5 Å². The molecule has 104 valence electrons. The molecule has 0 unspecified atom stereocenters. The van der Waals surface area contributed by atoms with Crippen molar-refractivity contribution in [3.63, 3.8) is 0 Å². The largest absolute Gasteiger partial charge is 0.480 e. The molecule has 1 amide bonds. The fourth-order valence-corrected chi connectivity index (χ4v) is 2.16. The highest BCUT2D eigenvalue weighted by atomic mass is 79.9. The number of furan rings is 1. The van der Waals surface area contributed by atoms with Crippen molar-refractivity contribution >= 4 is 27.8 Å². The van der Waals surface area contributed by atoms with Crippen molar-refractivity contribution in [2.75, 3.05) is 0 Å². The van der Waals surface area contributed by atoms with E-state index in [1.807, 2.05) is 30.3 Å². The number of hydrogen-bond acceptors (Lipinski definition) is 3. The Morgan fingerprint density at radius 2 is 1.95 bits per heavy atom. The molecular weight excluding hydrogens is 326 g/mol. The minimum atomic E-state index is -1.08. The number of halogens is 1. The molecule has 0 radical (unpaired) electrons. The van der Waals surface area contributed by atoms with Crippen molar-refractivity contribution in [2.24, 2.45) is 0 Å². The third kappa shape index (κ3) is 3.48. The van der Waals surface area contributed by atoms with Gasteiger partial charge in [-0.1, -0.05) is 30.3 Å². The van der Waals surface area contributed by atoms with Crippen LogP contribution in [0.1, 0.15) is 15.9 Å². The molecule has 1 aromatic carbocycles. The van der Waals surface area contributed by atoms with Gasteiger partial charge in [-0.15, -0.1) is 0 Å². The van der Waals surface area contributed by atoms with Gasteiger partial charge in [0.25, 0.3) is 5.91 Å². The minimum absolute atomic E-state index is 0.220. The molecule has 0 aliphatic heterocycles. The first-order chi connectivity index (χ1) is 9.58. The lowest BCUT2D eigenvalue weighted by Crippen LogP contribution is -2.42. The summed E-state index contributed by atoms with van der Waals surface area (Å²) in [6.45, 7) is 0. The third-order valence-corrected chi connectivity index (χ3v) is 3.36. The summed E-state index contributed by atoms with van der Waals surface area (Å²) in [7, 11) is 0. The van der Waals surface area contributed by atoms with E-state index in [0.717, 1.165) is 5.56 Å². The number of rotatable bonds is 5. The van der Waals surface area contributed by atoms with E-state index < -0.39 is 17.9 Å². The minimum Gasteiger partial charge on any atom is -0.480 e. The van der Waals surface area contributed by atoms with Crippen LogP contribution in [0.2, 0.25) is 0 Å². The lowest BCUT2D eigenvalue weighted by atomic mass is 10.1. The highest BCUT2D eigenvalue weighted by Gasteiger charge is 2.22. The molecule has 0 saturated carbocycles. The van der Waals surface area contributed by atoms with Crippen LogP contribution in [0.25, 0.3) is 0 Å². The van der Waals surface area contributed by atoms with Crippen molar-refractivity contribution in [1.82, 2.24) is 5.32 Å². The second-order valence-electron chi connectivity index (χ2n) is 4.16. The molecule has 1 atom stereocenters. The fraction of sp³-hybridized carbons (Fsp3) is 0.143. The van der Waals surface area contributed by atoms with Crippen LogP contribution in [0.15, 0.2) is 51.7 Å². The second-order valence-corrected chi connectivity index (χ2v) is 4.88. The number of amides is 1. The van der Waals surface area contributed by atoms with E-state index in [-0.39, 0.29) is 16.7 Å². The van der Waals surface area contributed by atoms with Crippen LogP contribution in [0.5, 0.6) is 0 Å². The van der Waals surface area contributed by atoms with E-state index in [2.05, 4.69) is 21.2 Å². The summed E-state index contributed by atoms with van der Waals surface area (Å²) in [5, 5.41) is 11.7. The maximum Gasteiger partial charge on any atom is 0.326 e. The normalized spacial score (nSPS) is 11.8. The summed E-state index contributed by atoms with van der Waals surface area (Å²) >= 11 is 3.09. The number of nitrogens with one attached hydrogen (secondary N) is 1. The smallest absolute Gasteiger partial charge is 0.326 e. The molecule has 0 spiro atoms. The number of carbonyl (C=O) groups is 2. The van der Waals surface area contributed by atoms with Crippen LogP contribution >= 0.6 is 15.9 Å². The van der Waals surface area contributed by atoms with Crippen LogP contribution in [0.3, 0.4) is 0 Å². The van der Waals surface area contributed by atoms with Crippen molar-refractivity contribution in [2.45, 2.75) is 12.5 Å². The van der Waals surface area contributed by atoms with Crippen LogP contribution in [0.4, 0.5) is 0 Å². The van der Waals surface area contributed by atoms with E-state index in [0.29, 0.717) is 0 Å². The number of carbonyl (C=O) groups excluding carboxylic acids is 1. The SMILES string of the molecule is O=C(N[C@H](Cc1ccccc1)C(=O)O)c1ccoc1Br. The molecule has 0 aliphatic carbocycles. The number of carboxylic acid groups (broad SMARTS) is 1. The third-order valence-electron chi connectivity index (χ3n) is 2.75. The first-order valence-electron chi connectivity index (χ1n) is 5.88. The van der Waals surface area contributed by atoms with Gasteiger partial charge in [-0.05, 0) is 27.6 Å². The van der Waals surface area contributed by atoms with Gasteiger partial charge in [0.2, 0.25) is 0 Å². The average Bonchev–Trinajstić information content (AvgIpc) is 2.85. The fourth-order valence-electron chi connectivity index (χ4n) is 1.74. The van der Waals surface area contributed by atoms with Crippen LogP contribution in [-0.4, -0.2) is 23.0 Å². The molecule has 0 aliphatic rings.